The monoisotopic (exact) mass is 173 g/mol. The van der Waals surface area contributed by atoms with Crippen LogP contribution in [0.15, 0.2) is 36.5 Å². The minimum atomic E-state index is -0.283. The summed E-state index contributed by atoms with van der Waals surface area (Å²) in [6.07, 6.45) is 3.96. The van der Waals surface area contributed by atoms with Gasteiger partial charge in [-0.15, -0.1) is 0 Å². The van der Waals surface area contributed by atoms with Gasteiger partial charge in [-0.05, 0) is 18.2 Å². The van der Waals surface area contributed by atoms with Crippen molar-refractivity contribution in [3.63, 3.8) is 0 Å². The lowest BCUT2D eigenvalue weighted by molar-refractivity contribution is 0.630. The molecule has 3 heteroatoms. The SMILES string of the molecule is Fc1ccccc1-c1ccn[c]n1. The Morgan fingerprint density at radius 2 is 2.00 bits per heavy atom. The van der Waals surface area contributed by atoms with Gasteiger partial charge in [0.2, 0.25) is 0 Å². The van der Waals surface area contributed by atoms with Gasteiger partial charge < -0.3 is 0 Å². The molecule has 2 aromatic rings. The van der Waals surface area contributed by atoms with Crippen LogP contribution in [0, 0.1) is 12.1 Å². The quantitative estimate of drug-likeness (QED) is 0.659. The van der Waals surface area contributed by atoms with Crippen LogP contribution in [0.4, 0.5) is 4.39 Å². The molecule has 1 aromatic heterocycles. The fraction of sp³-hybridized carbons (Fsp3) is 0. The predicted molar refractivity (Wildman–Crippen MR) is 46.3 cm³/mol. The van der Waals surface area contributed by atoms with E-state index in [4.69, 9.17) is 0 Å². The summed E-state index contributed by atoms with van der Waals surface area (Å²) >= 11 is 0. The van der Waals surface area contributed by atoms with E-state index in [1.54, 1.807) is 24.3 Å². The number of aromatic nitrogens is 2. The van der Waals surface area contributed by atoms with Gasteiger partial charge in [0, 0.05) is 11.8 Å². The summed E-state index contributed by atoms with van der Waals surface area (Å²) in [6, 6.07) is 8.13. The smallest absolute Gasteiger partial charge is 0.198 e. The normalized spacial score (nSPS) is 9.92. The first-order valence-corrected chi connectivity index (χ1v) is 3.82. The summed E-state index contributed by atoms with van der Waals surface area (Å²) < 4.78 is 13.2. The molecule has 0 atom stereocenters. The Morgan fingerprint density at radius 3 is 2.69 bits per heavy atom. The second-order valence-corrected chi connectivity index (χ2v) is 2.52. The molecule has 0 aliphatic rings. The lowest BCUT2D eigenvalue weighted by Gasteiger charge is -1.99. The molecule has 0 bridgehead atoms. The Hall–Kier alpha value is -1.77. The van der Waals surface area contributed by atoms with Crippen molar-refractivity contribution in [3.8, 4) is 11.3 Å². The molecular formula is C10H6FN2. The minimum Gasteiger partial charge on any atom is -0.234 e. The number of hydrogen-bond acceptors (Lipinski definition) is 2. The van der Waals surface area contributed by atoms with E-state index in [-0.39, 0.29) is 5.82 Å². The third-order valence-electron chi connectivity index (χ3n) is 1.68. The van der Waals surface area contributed by atoms with Gasteiger partial charge in [0.05, 0.1) is 5.69 Å². The fourth-order valence-electron chi connectivity index (χ4n) is 1.08. The van der Waals surface area contributed by atoms with Crippen LogP contribution in [-0.2, 0) is 0 Å². The van der Waals surface area contributed by atoms with Gasteiger partial charge in [0.25, 0.3) is 0 Å². The Bertz CT molecular complexity index is 401. The Kier molecular flexibility index (Phi) is 2.00. The average Bonchev–Trinajstić information content (AvgIpc) is 2.20. The summed E-state index contributed by atoms with van der Waals surface area (Å²) in [6.45, 7) is 0. The number of rotatable bonds is 1. The van der Waals surface area contributed by atoms with Gasteiger partial charge in [-0.1, -0.05) is 12.1 Å². The number of benzene rings is 1. The summed E-state index contributed by atoms with van der Waals surface area (Å²) in [4.78, 5) is 7.48. The van der Waals surface area contributed by atoms with E-state index in [0.29, 0.717) is 11.3 Å². The molecule has 0 saturated heterocycles. The molecule has 13 heavy (non-hydrogen) atoms. The van der Waals surface area contributed by atoms with Gasteiger partial charge in [0.1, 0.15) is 5.82 Å². The van der Waals surface area contributed by atoms with Crippen LogP contribution >= 0.6 is 0 Å². The Labute approximate surface area is 75.1 Å². The van der Waals surface area contributed by atoms with Crippen LogP contribution in [-0.4, -0.2) is 9.97 Å². The van der Waals surface area contributed by atoms with Crippen molar-refractivity contribution in [3.05, 3.63) is 48.7 Å². The van der Waals surface area contributed by atoms with Gasteiger partial charge in [0.15, 0.2) is 6.33 Å². The summed E-state index contributed by atoms with van der Waals surface area (Å²) in [5.74, 6) is -0.283. The number of hydrogen-bond donors (Lipinski definition) is 0. The zero-order chi connectivity index (χ0) is 9.10. The lowest BCUT2D eigenvalue weighted by Crippen LogP contribution is -1.87. The topological polar surface area (TPSA) is 25.8 Å². The van der Waals surface area contributed by atoms with Crippen molar-refractivity contribution in [1.29, 1.82) is 0 Å². The molecule has 1 heterocycles. The van der Waals surface area contributed by atoms with Crippen molar-refractivity contribution in [1.82, 2.24) is 9.97 Å². The first-order valence-electron chi connectivity index (χ1n) is 3.82. The first kappa shape index (κ1) is 7.86. The van der Waals surface area contributed by atoms with Crippen molar-refractivity contribution in [2.75, 3.05) is 0 Å². The second kappa shape index (κ2) is 3.31. The maximum absolute atomic E-state index is 13.2. The van der Waals surface area contributed by atoms with E-state index in [1.807, 2.05) is 0 Å². The fourth-order valence-corrected chi connectivity index (χ4v) is 1.08. The highest BCUT2D eigenvalue weighted by atomic mass is 19.1. The largest absolute Gasteiger partial charge is 0.234 e. The highest BCUT2D eigenvalue weighted by Crippen LogP contribution is 2.18. The standard InChI is InChI=1S/C10H6FN2/c11-9-4-2-1-3-8(9)10-5-6-12-7-13-10/h1-6H. The molecule has 2 rings (SSSR count). The molecule has 0 aliphatic carbocycles. The first-order chi connectivity index (χ1) is 6.38. The van der Waals surface area contributed by atoms with E-state index in [0.717, 1.165) is 0 Å². The molecule has 0 unspecified atom stereocenters. The molecule has 1 aromatic carbocycles. The van der Waals surface area contributed by atoms with Crippen LogP contribution in [0.1, 0.15) is 0 Å². The number of nitrogens with zero attached hydrogens (tertiary/aromatic N) is 2. The lowest BCUT2D eigenvalue weighted by atomic mass is 10.1. The molecular weight excluding hydrogens is 167 g/mol. The zero-order valence-electron chi connectivity index (χ0n) is 6.74. The van der Waals surface area contributed by atoms with E-state index in [9.17, 15) is 4.39 Å². The molecule has 63 valence electrons. The van der Waals surface area contributed by atoms with Crippen LogP contribution in [0.3, 0.4) is 0 Å². The van der Waals surface area contributed by atoms with Crippen LogP contribution in [0.5, 0.6) is 0 Å². The highest BCUT2D eigenvalue weighted by Gasteiger charge is 2.03. The molecule has 2 nitrogen and oxygen atoms in total. The minimum absolute atomic E-state index is 0.283. The molecule has 0 N–H and O–H groups in total. The molecule has 1 radical (unpaired) electrons. The number of halogens is 1. The Morgan fingerprint density at radius 1 is 1.15 bits per heavy atom. The third kappa shape index (κ3) is 1.54. The van der Waals surface area contributed by atoms with Gasteiger partial charge in [-0.3, -0.25) is 0 Å². The average molecular weight is 173 g/mol. The van der Waals surface area contributed by atoms with E-state index < -0.39 is 0 Å². The van der Waals surface area contributed by atoms with Gasteiger partial charge in [-0.2, -0.15) is 0 Å². The molecule has 0 spiro atoms. The van der Waals surface area contributed by atoms with Gasteiger partial charge >= 0.3 is 0 Å². The van der Waals surface area contributed by atoms with Crippen molar-refractivity contribution < 1.29 is 4.39 Å². The van der Waals surface area contributed by atoms with Crippen LogP contribution in [0.25, 0.3) is 11.3 Å². The second-order valence-electron chi connectivity index (χ2n) is 2.52. The van der Waals surface area contributed by atoms with Crippen molar-refractivity contribution in [2.45, 2.75) is 0 Å². The van der Waals surface area contributed by atoms with Gasteiger partial charge in [-0.25, -0.2) is 14.4 Å². The van der Waals surface area contributed by atoms with E-state index in [1.165, 1.54) is 12.3 Å². The van der Waals surface area contributed by atoms with Crippen molar-refractivity contribution >= 4 is 0 Å². The molecule has 0 aliphatic heterocycles. The zero-order valence-corrected chi connectivity index (χ0v) is 6.74. The maximum Gasteiger partial charge on any atom is 0.198 e. The van der Waals surface area contributed by atoms with E-state index >= 15 is 0 Å². The maximum atomic E-state index is 13.2. The van der Waals surface area contributed by atoms with E-state index in [2.05, 4.69) is 16.3 Å². The van der Waals surface area contributed by atoms with Crippen LogP contribution in [0.2, 0.25) is 0 Å². The molecule has 0 fully saturated rings. The summed E-state index contributed by atoms with van der Waals surface area (Å²) in [7, 11) is 0. The molecule has 0 amide bonds. The highest BCUT2D eigenvalue weighted by molar-refractivity contribution is 5.58. The molecule has 0 saturated carbocycles. The summed E-state index contributed by atoms with van der Waals surface area (Å²) in [5.41, 5.74) is 1.02. The third-order valence-corrected chi connectivity index (χ3v) is 1.68. The summed E-state index contributed by atoms with van der Waals surface area (Å²) in [5, 5.41) is 0. The van der Waals surface area contributed by atoms with Crippen LogP contribution < -0.4 is 0 Å². The predicted octanol–water partition coefficient (Wildman–Crippen LogP) is 2.08. The van der Waals surface area contributed by atoms with Crippen molar-refractivity contribution in [2.24, 2.45) is 0 Å². The Balaban J connectivity index is 2.54.